The van der Waals surface area contributed by atoms with Crippen LogP contribution in [0.3, 0.4) is 0 Å². The predicted molar refractivity (Wildman–Crippen MR) is 116 cm³/mol. The van der Waals surface area contributed by atoms with E-state index >= 15 is 0 Å². The van der Waals surface area contributed by atoms with Crippen LogP contribution >= 0.6 is 0 Å². The highest BCUT2D eigenvalue weighted by atomic mass is 16.5. The van der Waals surface area contributed by atoms with Gasteiger partial charge < -0.3 is 14.1 Å². The minimum Gasteiger partial charge on any atom is -0.461 e. The molecular formula is C25H19NO4. The first kappa shape index (κ1) is 18.2. The molecule has 5 aromatic rings. The number of hydrogen-bond donors (Lipinski definition) is 1. The van der Waals surface area contributed by atoms with Crippen LogP contribution < -0.4 is 5.63 Å². The lowest BCUT2D eigenvalue weighted by molar-refractivity contribution is -0.144. The van der Waals surface area contributed by atoms with Crippen LogP contribution in [0.15, 0.2) is 82.1 Å². The molecule has 0 saturated carbocycles. The second kappa shape index (κ2) is 7.52. The van der Waals surface area contributed by atoms with Crippen molar-refractivity contribution < 1.29 is 13.9 Å². The number of ether oxygens (including phenoxy) is 1. The van der Waals surface area contributed by atoms with Crippen molar-refractivity contribution in [1.82, 2.24) is 4.98 Å². The second-order valence-electron chi connectivity index (χ2n) is 7.27. The van der Waals surface area contributed by atoms with Gasteiger partial charge in [-0.1, -0.05) is 48.5 Å². The summed E-state index contributed by atoms with van der Waals surface area (Å²) in [6, 6.07) is 21.0. The fourth-order valence-corrected chi connectivity index (χ4v) is 3.94. The summed E-state index contributed by atoms with van der Waals surface area (Å²) in [4.78, 5) is 27.6. The van der Waals surface area contributed by atoms with E-state index in [4.69, 9.17) is 9.15 Å². The molecule has 0 fully saturated rings. The standard InChI is InChI=1S/C25H19NO4/c27-23(12-10-17-14-26-21-8-4-3-6-19(17)21)29-15-18-13-24(28)30-22-11-9-16-5-1-2-7-20(16)25(18)22/h1-9,11,13-14,26H,10,12,15H2. The van der Waals surface area contributed by atoms with Crippen LogP contribution in [-0.2, 0) is 22.6 Å². The number of carbonyl (C=O) groups excluding carboxylic acids is 1. The van der Waals surface area contributed by atoms with E-state index in [2.05, 4.69) is 4.98 Å². The number of carbonyl (C=O) groups is 1. The predicted octanol–water partition coefficient (Wildman–Crippen LogP) is 5.10. The summed E-state index contributed by atoms with van der Waals surface area (Å²) in [5.74, 6) is -0.304. The lowest BCUT2D eigenvalue weighted by Crippen LogP contribution is -2.08. The molecule has 2 heterocycles. The number of rotatable bonds is 5. The fourth-order valence-electron chi connectivity index (χ4n) is 3.94. The van der Waals surface area contributed by atoms with Gasteiger partial charge in [0.2, 0.25) is 0 Å². The van der Waals surface area contributed by atoms with E-state index in [9.17, 15) is 9.59 Å². The molecule has 0 unspecified atom stereocenters. The molecule has 0 aliphatic carbocycles. The Labute approximate surface area is 171 Å². The highest BCUT2D eigenvalue weighted by molar-refractivity contribution is 6.07. The van der Waals surface area contributed by atoms with E-state index in [1.165, 1.54) is 6.07 Å². The molecular weight excluding hydrogens is 378 g/mol. The Kier molecular flexibility index (Phi) is 4.56. The van der Waals surface area contributed by atoms with E-state index in [1.807, 2.05) is 60.8 Å². The van der Waals surface area contributed by atoms with Crippen molar-refractivity contribution in [2.75, 3.05) is 0 Å². The molecule has 0 atom stereocenters. The number of para-hydroxylation sites is 1. The van der Waals surface area contributed by atoms with Crippen molar-refractivity contribution in [2.24, 2.45) is 0 Å². The molecule has 148 valence electrons. The first-order valence-electron chi connectivity index (χ1n) is 9.84. The lowest BCUT2D eigenvalue weighted by atomic mass is 10.0. The Morgan fingerprint density at radius 1 is 0.933 bits per heavy atom. The molecule has 0 aliphatic heterocycles. The van der Waals surface area contributed by atoms with Crippen molar-refractivity contribution in [3.05, 3.63) is 94.5 Å². The van der Waals surface area contributed by atoms with Gasteiger partial charge in [-0.2, -0.15) is 0 Å². The molecule has 0 amide bonds. The molecule has 0 saturated heterocycles. The zero-order chi connectivity index (χ0) is 20.5. The van der Waals surface area contributed by atoms with Crippen LogP contribution in [-0.4, -0.2) is 11.0 Å². The maximum Gasteiger partial charge on any atom is 0.336 e. The average Bonchev–Trinajstić information content (AvgIpc) is 3.18. The fraction of sp³-hybridized carbons (Fsp3) is 0.120. The Bertz CT molecular complexity index is 1440. The Morgan fingerprint density at radius 2 is 1.73 bits per heavy atom. The van der Waals surface area contributed by atoms with E-state index in [0.29, 0.717) is 17.6 Å². The smallest absolute Gasteiger partial charge is 0.336 e. The van der Waals surface area contributed by atoms with Crippen molar-refractivity contribution in [3.8, 4) is 0 Å². The number of aromatic nitrogens is 1. The van der Waals surface area contributed by atoms with Crippen molar-refractivity contribution in [3.63, 3.8) is 0 Å². The molecule has 0 radical (unpaired) electrons. The summed E-state index contributed by atoms with van der Waals surface area (Å²) in [7, 11) is 0. The number of esters is 1. The first-order valence-corrected chi connectivity index (χ1v) is 9.84. The summed E-state index contributed by atoms with van der Waals surface area (Å²) in [6.45, 7) is 0.0306. The topological polar surface area (TPSA) is 72.3 Å². The van der Waals surface area contributed by atoms with Gasteiger partial charge in [-0.25, -0.2) is 4.79 Å². The highest BCUT2D eigenvalue weighted by Crippen LogP contribution is 2.28. The number of aromatic amines is 1. The van der Waals surface area contributed by atoms with Crippen molar-refractivity contribution in [1.29, 1.82) is 0 Å². The SMILES string of the molecule is O=C(CCc1c[nH]c2ccccc12)OCc1cc(=O)oc2ccc3ccccc3c12. The van der Waals surface area contributed by atoms with Gasteiger partial charge in [0, 0.05) is 40.5 Å². The largest absolute Gasteiger partial charge is 0.461 e. The van der Waals surface area contributed by atoms with Crippen LogP contribution in [0.4, 0.5) is 0 Å². The molecule has 0 spiro atoms. The molecule has 30 heavy (non-hydrogen) atoms. The average molecular weight is 397 g/mol. The quantitative estimate of drug-likeness (QED) is 0.254. The number of nitrogens with one attached hydrogen (secondary N) is 1. The number of H-pyrrole nitrogens is 1. The molecule has 0 bridgehead atoms. The van der Waals surface area contributed by atoms with Crippen LogP contribution in [0.2, 0.25) is 0 Å². The summed E-state index contributed by atoms with van der Waals surface area (Å²) >= 11 is 0. The number of hydrogen-bond acceptors (Lipinski definition) is 4. The highest BCUT2D eigenvalue weighted by Gasteiger charge is 2.13. The Balaban J connectivity index is 1.36. The van der Waals surface area contributed by atoms with Crippen molar-refractivity contribution in [2.45, 2.75) is 19.4 Å². The third kappa shape index (κ3) is 3.35. The van der Waals surface area contributed by atoms with Gasteiger partial charge in [0.15, 0.2) is 0 Å². The van der Waals surface area contributed by atoms with Gasteiger partial charge in [0.05, 0.1) is 0 Å². The third-order valence-corrected chi connectivity index (χ3v) is 5.38. The van der Waals surface area contributed by atoms with E-state index < -0.39 is 5.63 Å². The van der Waals surface area contributed by atoms with Crippen LogP contribution in [0.25, 0.3) is 32.6 Å². The van der Waals surface area contributed by atoms with Gasteiger partial charge in [-0.05, 0) is 34.9 Å². The molecule has 3 aromatic carbocycles. The summed E-state index contributed by atoms with van der Waals surface area (Å²) < 4.78 is 10.9. The van der Waals surface area contributed by atoms with Gasteiger partial charge >= 0.3 is 11.6 Å². The van der Waals surface area contributed by atoms with Crippen LogP contribution in [0, 0.1) is 0 Å². The van der Waals surface area contributed by atoms with E-state index in [-0.39, 0.29) is 19.0 Å². The molecule has 0 aliphatic rings. The number of fused-ring (bicyclic) bond motifs is 4. The van der Waals surface area contributed by atoms with Gasteiger partial charge in [-0.3, -0.25) is 4.79 Å². The lowest BCUT2D eigenvalue weighted by Gasteiger charge is -2.09. The Morgan fingerprint density at radius 3 is 2.63 bits per heavy atom. The summed E-state index contributed by atoms with van der Waals surface area (Å²) in [6.07, 6.45) is 2.78. The number of aryl methyl sites for hydroxylation is 1. The minimum absolute atomic E-state index is 0.0306. The maximum atomic E-state index is 12.4. The minimum atomic E-state index is -0.456. The molecule has 5 nitrogen and oxygen atoms in total. The zero-order valence-electron chi connectivity index (χ0n) is 16.2. The molecule has 2 aromatic heterocycles. The van der Waals surface area contributed by atoms with Gasteiger partial charge in [0.1, 0.15) is 12.2 Å². The van der Waals surface area contributed by atoms with Crippen LogP contribution in [0.1, 0.15) is 17.5 Å². The van der Waals surface area contributed by atoms with Gasteiger partial charge in [-0.15, -0.1) is 0 Å². The molecule has 5 rings (SSSR count). The normalized spacial score (nSPS) is 11.3. The maximum absolute atomic E-state index is 12.4. The van der Waals surface area contributed by atoms with E-state index in [1.54, 1.807) is 6.07 Å². The van der Waals surface area contributed by atoms with Crippen LogP contribution in [0.5, 0.6) is 0 Å². The summed E-state index contributed by atoms with van der Waals surface area (Å²) in [5, 5.41) is 3.91. The second-order valence-corrected chi connectivity index (χ2v) is 7.27. The number of benzene rings is 3. The third-order valence-electron chi connectivity index (χ3n) is 5.38. The summed E-state index contributed by atoms with van der Waals surface area (Å²) in [5.41, 5.74) is 2.82. The molecule has 1 N–H and O–H groups in total. The first-order chi connectivity index (χ1) is 14.7. The zero-order valence-corrected chi connectivity index (χ0v) is 16.2. The van der Waals surface area contributed by atoms with Crippen molar-refractivity contribution >= 4 is 38.6 Å². The monoisotopic (exact) mass is 397 g/mol. The van der Waals surface area contributed by atoms with Gasteiger partial charge in [0.25, 0.3) is 0 Å². The van der Waals surface area contributed by atoms with E-state index in [0.717, 1.165) is 32.6 Å². The Hall–Kier alpha value is -3.86. The molecule has 5 heteroatoms.